The van der Waals surface area contributed by atoms with Gasteiger partial charge in [-0.2, -0.15) is 0 Å². The maximum atomic E-state index is 13.0. The molecule has 1 heterocycles. The Morgan fingerprint density at radius 2 is 1.90 bits per heavy atom. The second kappa shape index (κ2) is 9.26. The van der Waals surface area contributed by atoms with E-state index in [4.69, 9.17) is 14.6 Å². The summed E-state index contributed by atoms with van der Waals surface area (Å²) in [6, 6.07) is 10.5. The number of carbonyl (C=O) groups is 3. The van der Waals surface area contributed by atoms with Crippen molar-refractivity contribution < 1.29 is 29.0 Å². The third kappa shape index (κ3) is 4.91. The lowest BCUT2D eigenvalue weighted by Crippen LogP contribution is -2.28. The number of carbonyl (C=O) groups excluding carboxylic acids is 2. The van der Waals surface area contributed by atoms with E-state index in [9.17, 15) is 14.4 Å². The molecule has 0 aliphatic carbocycles. The van der Waals surface area contributed by atoms with E-state index in [0.29, 0.717) is 28.5 Å². The molecule has 7 nitrogen and oxygen atoms in total. The molecule has 1 unspecified atom stereocenters. The average molecular weight is 442 g/mol. The number of carboxylic acids is 1. The Balaban J connectivity index is 1.91. The van der Waals surface area contributed by atoms with E-state index < -0.39 is 12.1 Å². The van der Waals surface area contributed by atoms with Crippen LogP contribution < -0.4 is 14.4 Å². The van der Waals surface area contributed by atoms with Crippen molar-refractivity contribution >= 4 is 40.6 Å². The van der Waals surface area contributed by atoms with Crippen LogP contribution in [0.5, 0.6) is 11.5 Å². The van der Waals surface area contributed by atoms with Gasteiger partial charge in [-0.15, -0.1) is 0 Å². The summed E-state index contributed by atoms with van der Waals surface area (Å²) >= 11 is 0.873. The maximum Gasteiger partial charge on any atom is 0.344 e. The first-order valence-corrected chi connectivity index (χ1v) is 10.5. The largest absolute Gasteiger partial charge is 0.490 e. The molecule has 1 saturated heterocycles. The van der Waals surface area contributed by atoms with Crippen LogP contribution in [0.2, 0.25) is 0 Å². The zero-order valence-electron chi connectivity index (χ0n) is 17.7. The fourth-order valence-corrected chi connectivity index (χ4v) is 3.84. The van der Waals surface area contributed by atoms with Gasteiger partial charge in [-0.3, -0.25) is 9.59 Å². The highest BCUT2D eigenvalue weighted by molar-refractivity contribution is 8.19. The highest BCUT2D eigenvalue weighted by Crippen LogP contribution is 2.38. The molecule has 8 heteroatoms. The molecule has 2 aromatic rings. The summed E-state index contributed by atoms with van der Waals surface area (Å²) in [5.74, 6) is -0.830. The van der Waals surface area contributed by atoms with Crippen LogP contribution in [0.4, 0.5) is 10.5 Å². The van der Waals surface area contributed by atoms with E-state index in [1.807, 2.05) is 32.0 Å². The van der Waals surface area contributed by atoms with E-state index >= 15 is 0 Å². The summed E-state index contributed by atoms with van der Waals surface area (Å²) in [4.78, 5) is 38.1. The molecule has 0 spiro atoms. The summed E-state index contributed by atoms with van der Waals surface area (Å²) in [5, 5.41) is 8.71. The number of amides is 2. The van der Waals surface area contributed by atoms with E-state index in [0.717, 1.165) is 22.9 Å². The van der Waals surface area contributed by atoms with Gasteiger partial charge in [0.1, 0.15) is 0 Å². The van der Waals surface area contributed by atoms with Crippen molar-refractivity contribution in [3.63, 3.8) is 0 Å². The second-order valence-electron chi connectivity index (χ2n) is 7.04. The highest BCUT2D eigenvalue weighted by atomic mass is 32.2. The molecule has 2 amide bonds. The molecule has 1 fully saturated rings. The van der Waals surface area contributed by atoms with Crippen molar-refractivity contribution in [2.75, 3.05) is 11.5 Å². The van der Waals surface area contributed by atoms with E-state index in [2.05, 4.69) is 0 Å². The number of hydrogen-bond acceptors (Lipinski definition) is 6. The van der Waals surface area contributed by atoms with Crippen LogP contribution in [-0.2, 0) is 9.59 Å². The normalized spacial score (nSPS) is 16.0. The van der Waals surface area contributed by atoms with Gasteiger partial charge < -0.3 is 14.6 Å². The first kappa shape index (κ1) is 22.4. The molecule has 0 bridgehead atoms. The molecule has 1 N–H and O–H groups in total. The lowest BCUT2D eigenvalue weighted by atomic mass is 10.1. The number of imide groups is 1. The number of ether oxygens (including phenoxy) is 2. The smallest absolute Gasteiger partial charge is 0.344 e. The van der Waals surface area contributed by atoms with Gasteiger partial charge in [0, 0.05) is 0 Å². The molecule has 2 aromatic carbocycles. The second-order valence-corrected chi connectivity index (χ2v) is 8.04. The van der Waals surface area contributed by atoms with Gasteiger partial charge in [0.25, 0.3) is 11.1 Å². The van der Waals surface area contributed by atoms with Crippen LogP contribution in [0.15, 0.2) is 41.3 Å². The number of rotatable bonds is 7. The first-order valence-electron chi connectivity index (χ1n) is 9.72. The SMILES string of the molecule is CCOc1cc(/C=C2/SC(=O)N(c3cc(C)ccc3C)C2=O)ccc1OC(C)C(=O)O. The maximum absolute atomic E-state index is 13.0. The number of anilines is 1. The molecular formula is C23H23NO6S. The Kier molecular flexibility index (Phi) is 6.70. The Labute approximate surface area is 184 Å². The lowest BCUT2D eigenvalue weighted by Gasteiger charge is -2.16. The minimum Gasteiger partial charge on any atom is -0.490 e. The number of thioether (sulfide) groups is 1. The Bertz CT molecular complexity index is 1080. The van der Waals surface area contributed by atoms with Crippen LogP contribution in [-0.4, -0.2) is 34.9 Å². The standard InChI is InChI=1S/C23H23NO6S/c1-5-29-19-11-16(8-9-18(19)30-15(4)22(26)27)12-20-21(25)24(23(28)31-20)17-10-13(2)6-7-14(17)3/h6-12,15H,5H2,1-4H3,(H,26,27)/b20-12+. The van der Waals surface area contributed by atoms with Crippen molar-refractivity contribution in [2.45, 2.75) is 33.8 Å². The fraction of sp³-hybridized carbons (Fsp3) is 0.261. The minimum atomic E-state index is -1.09. The first-order chi connectivity index (χ1) is 14.7. The van der Waals surface area contributed by atoms with Gasteiger partial charge in [-0.25, -0.2) is 9.69 Å². The summed E-state index contributed by atoms with van der Waals surface area (Å²) in [6.07, 6.45) is 0.572. The Hall–Kier alpha value is -3.26. The van der Waals surface area contributed by atoms with Crippen LogP contribution in [0.25, 0.3) is 6.08 Å². The lowest BCUT2D eigenvalue weighted by molar-refractivity contribution is -0.144. The van der Waals surface area contributed by atoms with Gasteiger partial charge in [0.05, 0.1) is 17.2 Å². The number of nitrogens with zero attached hydrogens (tertiary/aromatic N) is 1. The molecule has 1 aliphatic rings. The van der Waals surface area contributed by atoms with Crippen LogP contribution in [0, 0.1) is 13.8 Å². The van der Waals surface area contributed by atoms with Crippen molar-refractivity contribution in [2.24, 2.45) is 0 Å². The predicted molar refractivity (Wildman–Crippen MR) is 120 cm³/mol. The molecule has 3 rings (SSSR count). The molecule has 162 valence electrons. The van der Waals surface area contributed by atoms with Crippen molar-refractivity contribution in [1.29, 1.82) is 0 Å². The van der Waals surface area contributed by atoms with Crippen LogP contribution in [0.3, 0.4) is 0 Å². The number of aryl methyl sites for hydroxylation is 2. The van der Waals surface area contributed by atoms with E-state index in [-0.39, 0.29) is 16.9 Å². The summed E-state index contributed by atoms with van der Waals surface area (Å²) in [6.45, 7) is 7.33. The van der Waals surface area contributed by atoms with Gasteiger partial charge in [0.2, 0.25) is 0 Å². The molecule has 31 heavy (non-hydrogen) atoms. The van der Waals surface area contributed by atoms with Gasteiger partial charge >= 0.3 is 5.97 Å². The molecular weight excluding hydrogens is 418 g/mol. The third-order valence-corrected chi connectivity index (χ3v) is 5.49. The van der Waals surface area contributed by atoms with Crippen molar-refractivity contribution in [1.82, 2.24) is 0 Å². The van der Waals surface area contributed by atoms with Gasteiger partial charge in [-0.1, -0.05) is 18.2 Å². The quantitative estimate of drug-likeness (QED) is 0.617. The summed E-state index contributed by atoms with van der Waals surface area (Å²) in [5.41, 5.74) is 3.00. The monoisotopic (exact) mass is 441 g/mol. The van der Waals surface area contributed by atoms with Gasteiger partial charge in [0.15, 0.2) is 17.6 Å². The molecule has 0 radical (unpaired) electrons. The van der Waals surface area contributed by atoms with Crippen molar-refractivity contribution in [3.05, 3.63) is 58.0 Å². The number of carboxylic acid groups (broad SMARTS) is 1. The third-order valence-electron chi connectivity index (χ3n) is 4.62. The zero-order chi connectivity index (χ0) is 22.7. The highest BCUT2D eigenvalue weighted by Gasteiger charge is 2.37. The fourth-order valence-electron chi connectivity index (χ4n) is 3.01. The number of hydrogen-bond donors (Lipinski definition) is 1. The number of aliphatic carboxylic acids is 1. The predicted octanol–water partition coefficient (Wildman–Crippen LogP) is 4.79. The molecule has 1 aliphatic heterocycles. The average Bonchev–Trinajstić information content (AvgIpc) is 2.99. The summed E-state index contributed by atoms with van der Waals surface area (Å²) < 4.78 is 11.0. The molecule has 0 aromatic heterocycles. The van der Waals surface area contributed by atoms with E-state index in [1.54, 1.807) is 31.2 Å². The van der Waals surface area contributed by atoms with Crippen LogP contribution in [0.1, 0.15) is 30.5 Å². The Morgan fingerprint density at radius 1 is 1.16 bits per heavy atom. The van der Waals surface area contributed by atoms with E-state index in [1.165, 1.54) is 11.8 Å². The minimum absolute atomic E-state index is 0.289. The Morgan fingerprint density at radius 3 is 2.58 bits per heavy atom. The van der Waals surface area contributed by atoms with Crippen LogP contribution >= 0.6 is 11.8 Å². The number of benzene rings is 2. The van der Waals surface area contributed by atoms with Gasteiger partial charge in [-0.05, 0) is 80.4 Å². The molecule has 0 saturated carbocycles. The zero-order valence-corrected chi connectivity index (χ0v) is 18.5. The van der Waals surface area contributed by atoms with Crippen molar-refractivity contribution in [3.8, 4) is 11.5 Å². The molecule has 1 atom stereocenters. The summed E-state index contributed by atoms with van der Waals surface area (Å²) in [7, 11) is 0. The topological polar surface area (TPSA) is 93.1 Å².